The Bertz CT molecular complexity index is 846. The first-order valence-electron chi connectivity index (χ1n) is 9.98. The summed E-state index contributed by atoms with van der Waals surface area (Å²) < 4.78 is 27.6. The summed E-state index contributed by atoms with van der Waals surface area (Å²) in [6.45, 7) is 2.70. The van der Waals surface area contributed by atoms with Crippen LogP contribution in [0.3, 0.4) is 0 Å². The molecule has 4 nitrogen and oxygen atoms in total. The molecule has 1 saturated heterocycles. The lowest BCUT2D eigenvalue weighted by Gasteiger charge is -2.29. The molecule has 0 aromatic heterocycles. The minimum atomic E-state index is -0.870. The highest BCUT2D eigenvalue weighted by Crippen LogP contribution is 2.25. The van der Waals surface area contributed by atoms with Gasteiger partial charge < -0.3 is 15.1 Å². The lowest BCUT2D eigenvalue weighted by atomic mass is 9.99. The number of anilines is 2. The van der Waals surface area contributed by atoms with Gasteiger partial charge in [0.2, 0.25) is 0 Å². The lowest BCUT2D eigenvalue weighted by Crippen LogP contribution is -2.39. The van der Waals surface area contributed by atoms with E-state index in [4.69, 9.17) is 0 Å². The first-order chi connectivity index (χ1) is 13.6. The largest absolute Gasteiger partial charge is 0.372 e. The van der Waals surface area contributed by atoms with Crippen LogP contribution in [-0.2, 0) is 13.0 Å². The quantitative estimate of drug-likeness (QED) is 0.795. The predicted octanol–water partition coefficient (Wildman–Crippen LogP) is 4.94. The number of rotatable bonds is 2. The molecule has 6 heteroatoms. The monoisotopic (exact) mass is 385 g/mol. The molecule has 0 bridgehead atoms. The molecule has 2 heterocycles. The highest BCUT2D eigenvalue weighted by molar-refractivity contribution is 5.89. The molecular weight excluding hydrogens is 360 g/mol. The molecule has 0 atom stereocenters. The van der Waals surface area contributed by atoms with E-state index < -0.39 is 11.6 Å². The first-order valence-corrected chi connectivity index (χ1v) is 9.98. The fourth-order valence-electron chi connectivity index (χ4n) is 4.02. The van der Waals surface area contributed by atoms with Gasteiger partial charge in [0.15, 0.2) is 11.6 Å². The minimum Gasteiger partial charge on any atom is -0.372 e. The molecule has 2 aliphatic rings. The number of nitrogens with zero attached hydrogens (tertiary/aromatic N) is 2. The molecule has 0 spiro atoms. The van der Waals surface area contributed by atoms with Crippen molar-refractivity contribution in [3.05, 3.63) is 59.2 Å². The smallest absolute Gasteiger partial charge is 0.322 e. The van der Waals surface area contributed by atoms with Crippen LogP contribution in [0.2, 0.25) is 0 Å². The van der Waals surface area contributed by atoms with Crippen LogP contribution in [0.25, 0.3) is 0 Å². The van der Waals surface area contributed by atoms with Crippen molar-refractivity contribution in [3.8, 4) is 0 Å². The van der Waals surface area contributed by atoms with E-state index in [1.807, 2.05) is 24.3 Å². The second-order valence-electron chi connectivity index (χ2n) is 7.55. The van der Waals surface area contributed by atoms with E-state index in [0.29, 0.717) is 18.7 Å². The van der Waals surface area contributed by atoms with E-state index in [1.54, 1.807) is 6.07 Å². The summed E-state index contributed by atoms with van der Waals surface area (Å²) in [5, 5.41) is 2.87. The molecule has 28 heavy (non-hydrogen) atoms. The normalized spacial score (nSPS) is 17.1. The third-order valence-corrected chi connectivity index (χ3v) is 5.67. The number of hydrogen-bond acceptors (Lipinski definition) is 2. The summed E-state index contributed by atoms with van der Waals surface area (Å²) in [6, 6.07) is 10.3. The molecule has 1 N–H and O–H groups in total. The fraction of sp³-hybridized carbons (Fsp3) is 0.409. The number of urea groups is 1. The van der Waals surface area contributed by atoms with Crippen molar-refractivity contribution in [1.29, 1.82) is 0 Å². The van der Waals surface area contributed by atoms with Crippen LogP contribution >= 0.6 is 0 Å². The topological polar surface area (TPSA) is 35.6 Å². The van der Waals surface area contributed by atoms with Gasteiger partial charge in [-0.1, -0.05) is 18.9 Å². The van der Waals surface area contributed by atoms with Gasteiger partial charge in [-0.25, -0.2) is 13.6 Å². The van der Waals surface area contributed by atoms with Gasteiger partial charge in [-0.05, 0) is 55.2 Å². The third kappa shape index (κ3) is 3.96. The molecule has 0 aliphatic carbocycles. The van der Waals surface area contributed by atoms with Gasteiger partial charge >= 0.3 is 6.03 Å². The Morgan fingerprint density at radius 2 is 1.61 bits per heavy atom. The highest BCUT2D eigenvalue weighted by atomic mass is 19.2. The lowest BCUT2D eigenvalue weighted by molar-refractivity contribution is 0.205. The summed E-state index contributed by atoms with van der Waals surface area (Å²) in [5.41, 5.74) is 2.92. The van der Waals surface area contributed by atoms with E-state index in [1.165, 1.54) is 36.3 Å². The van der Waals surface area contributed by atoms with Crippen LogP contribution in [-0.4, -0.2) is 30.6 Å². The van der Waals surface area contributed by atoms with Crippen molar-refractivity contribution >= 4 is 17.4 Å². The van der Waals surface area contributed by atoms with Gasteiger partial charge in [0.05, 0.1) is 6.54 Å². The SMILES string of the molecule is O=C(Nc1ccc(N2CCCCCC2)cc1)N1CCc2ccc(F)c(F)c2C1. The molecule has 0 radical (unpaired) electrons. The highest BCUT2D eigenvalue weighted by Gasteiger charge is 2.24. The third-order valence-electron chi connectivity index (χ3n) is 5.67. The molecule has 2 amide bonds. The van der Waals surface area contributed by atoms with Crippen LogP contribution in [0.1, 0.15) is 36.8 Å². The van der Waals surface area contributed by atoms with Crippen molar-refractivity contribution in [2.45, 2.75) is 38.6 Å². The van der Waals surface area contributed by atoms with Crippen LogP contribution in [0.4, 0.5) is 25.0 Å². The molecule has 0 unspecified atom stereocenters. The Labute approximate surface area is 164 Å². The Hall–Kier alpha value is -2.63. The maximum absolute atomic E-state index is 14.1. The average Bonchev–Trinajstić information content (AvgIpc) is 3.01. The van der Waals surface area contributed by atoms with E-state index >= 15 is 0 Å². The fourth-order valence-corrected chi connectivity index (χ4v) is 4.02. The average molecular weight is 385 g/mol. The molecule has 2 aliphatic heterocycles. The Kier molecular flexibility index (Phi) is 5.46. The maximum atomic E-state index is 14.1. The Morgan fingerprint density at radius 1 is 0.893 bits per heavy atom. The molecular formula is C22H25F2N3O. The van der Waals surface area contributed by atoms with Gasteiger partial charge in [-0.3, -0.25) is 0 Å². The zero-order chi connectivity index (χ0) is 19.5. The summed E-state index contributed by atoms with van der Waals surface area (Å²) in [4.78, 5) is 16.5. The molecule has 2 aromatic rings. The van der Waals surface area contributed by atoms with Gasteiger partial charge in [0.25, 0.3) is 0 Å². The van der Waals surface area contributed by atoms with E-state index in [-0.39, 0.29) is 18.1 Å². The number of fused-ring (bicyclic) bond motifs is 1. The van der Waals surface area contributed by atoms with Crippen LogP contribution in [0, 0.1) is 11.6 Å². The van der Waals surface area contributed by atoms with Crippen LogP contribution in [0.15, 0.2) is 36.4 Å². The van der Waals surface area contributed by atoms with Crippen molar-refractivity contribution < 1.29 is 13.6 Å². The number of hydrogen-bond donors (Lipinski definition) is 1. The van der Waals surface area contributed by atoms with Crippen LogP contribution in [0.5, 0.6) is 0 Å². The summed E-state index contributed by atoms with van der Waals surface area (Å²) >= 11 is 0. The Balaban J connectivity index is 1.40. The first kappa shape index (κ1) is 18.7. The van der Waals surface area contributed by atoms with E-state index in [9.17, 15) is 13.6 Å². The predicted molar refractivity (Wildman–Crippen MR) is 107 cm³/mol. The van der Waals surface area contributed by atoms with Crippen molar-refractivity contribution in [2.75, 3.05) is 29.9 Å². The van der Waals surface area contributed by atoms with Crippen molar-refractivity contribution in [3.63, 3.8) is 0 Å². The Morgan fingerprint density at radius 3 is 2.32 bits per heavy atom. The number of benzene rings is 2. The molecule has 4 rings (SSSR count). The van der Waals surface area contributed by atoms with Gasteiger partial charge in [-0.15, -0.1) is 0 Å². The molecule has 2 aromatic carbocycles. The molecule has 0 saturated carbocycles. The summed E-state index contributed by atoms with van der Waals surface area (Å²) in [5.74, 6) is -1.72. The van der Waals surface area contributed by atoms with Crippen molar-refractivity contribution in [1.82, 2.24) is 4.90 Å². The number of halogens is 2. The van der Waals surface area contributed by atoms with Crippen molar-refractivity contribution in [2.24, 2.45) is 0 Å². The zero-order valence-electron chi connectivity index (χ0n) is 15.9. The second-order valence-corrected chi connectivity index (χ2v) is 7.55. The standard InChI is InChI=1S/C22H25F2N3O/c23-20-10-5-16-11-14-27(15-19(16)21(20)24)22(28)25-17-6-8-18(9-7-17)26-12-3-1-2-4-13-26/h5-10H,1-4,11-15H2,(H,25,28). The molecule has 148 valence electrons. The number of amides is 2. The van der Waals surface area contributed by atoms with E-state index in [0.717, 1.165) is 24.7 Å². The summed E-state index contributed by atoms with van der Waals surface area (Å²) in [6.07, 6.45) is 5.52. The van der Waals surface area contributed by atoms with Gasteiger partial charge in [0.1, 0.15) is 0 Å². The molecule has 1 fully saturated rings. The van der Waals surface area contributed by atoms with Gasteiger partial charge in [-0.2, -0.15) is 0 Å². The second kappa shape index (κ2) is 8.17. The van der Waals surface area contributed by atoms with Crippen LogP contribution < -0.4 is 10.2 Å². The summed E-state index contributed by atoms with van der Waals surface area (Å²) in [7, 11) is 0. The zero-order valence-corrected chi connectivity index (χ0v) is 15.9. The number of carbonyl (C=O) groups is 1. The minimum absolute atomic E-state index is 0.0800. The maximum Gasteiger partial charge on any atom is 0.322 e. The number of carbonyl (C=O) groups excluding carboxylic acids is 1. The number of nitrogens with one attached hydrogen (secondary N) is 1. The van der Waals surface area contributed by atoms with E-state index in [2.05, 4.69) is 10.2 Å². The van der Waals surface area contributed by atoms with Gasteiger partial charge in [0, 0.05) is 36.6 Å².